The summed E-state index contributed by atoms with van der Waals surface area (Å²) >= 11 is 0. The highest BCUT2D eigenvalue weighted by Gasteiger charge is 2.10. The SMILES string of the molecule is CNCC(=O)Nc1c(C)cccc1C.Cc1cccc(C)c1NC(=O)CN(C)CCCCCSS(C)(=O)=O. The molecular formula is C28H44N4O4S2. The van der Waals surface area contributed by atoms with Gasteiger partial charge in [-0.15, -0.1) is 0 Å². The van der Waals surface area contributed by atoms with Crippen LogP contribution >= 0.6 is 10.8 Å². The Labute approximate surface area is 232 Å². The third-order valence-electron chi connectivity index (χ3n) is 5.72. The summed E-state index contributed by atoms with van der Waals surface area (Å²) in [7, 11) is 1.75. The first-order valence-corrected chi connectivity index (χ1v) is 16.1. The Hall–Kier alpha value is -2.40. The average molecular weight is 565 g/mol. The number of carbonyl (C=O) groups excluding carboxylic acids is 2. The predicted molar refractivity (Wildman–Crippen MR) is 162 cm³/mol. The number of hydrogen-bond donors (Lipinski definition) is 3. The van der Waals surface area contributed by atoms with Crippen molar-refractivity contribution < 1.29 is 18.0 Å². The van der Waals surface area contributed by atoms with Gasteiger partial charge >= 0.3 is 0 Å². The molecule has 0 aliphatic heterocycles. The minimum absolute atomic E-state index is 0.00935. The van der Waals surface area contributed by atoms with Gasteiger partial charge < -0.3 is 16.0 Å². The number of nitrogens with one attached hydrogen (secondary N) is 3. The molecule has 0 aliphatic rings. The van der Waals surface area contributed by atoms with E-state index in [0.717, 1.165) is 70.2 Å². The normalized spacial score (nSPS) is 11.1. The molecule has 8 nitrogen and oxygen atoms in total. The van der Waals surface area contributed by atoms with Crippen LogP contribution in [0.2, 0.25) is 0 Å². The highest BCUT2D eigenvalue weighted by molar-refractivity contribution is 8.71. The van der Waals surface area contributed by atoms with Crippen LogP contribution in [0, 0.1) is 27.7 Å². The van der Waals surface area contributed by atoms with Crippen LogP contribution in [0.4, 0.5) is 11.4 Å². The molecule has 0 aromatic heterocycles. The van der Waals surface area contributed by atoms with Crippen LogP contribution in [0.5, 0.6) is 0 Å². The van der Waals surface area contributed by atoms with Gasteiger partial charge in [0.25, 0.3) is 0 Å². The van der Waals surface area contributed by atoms with E-state index < -0.39 is 8.87 Å². The van der Waals surface area contributed by atoms with Crippen molar-refractivity contribution in [2.75, 3.05) is 56.4 Å². The van der Waals surface area contributed by atoms with E-state index in [1.807, 2.05) is 76.0 Å². The Bertz CT molecular complexity index is 1110. The summed E-state index contributed by atoms with van der Waals surface area (Å²) < 4.78 is 22.0. The van der Waals surface area contributed by atoms with Gasteiger partial charge in [0.15, 0.2) is 8.87 Å². The number of carbonyl (C=O) groups is 2. The molecule has 0 atom stereocenters. The first kappa shape index (κ1) is 33.6. The van der Waals surface area contributed by atoms with E-state index >= 15 is 0 Å². The van der Waals surface area contributed by atoms with E-state index in [1.165, 1.54) is 6.26 Å². The number of anilines is 2. The zero-order valence-corrected chi connectivity index (χ0v) is 25.4. The van der Waals surface area contributed by atoms with Gasteiger partial charge in [-0.05, 0) is 94.2 Å². The van der Waals surface area contributed by atoms with Crippen molar-refractivity contribution in [3.63, 3.8) is 0 Å². The molecule has 212 valence electrons. The maximum Gasteiger partial charge on any atom is 0.238 e. The van der Waals surface area contributed by atoms with E-state index in [9.17, 15) is 18.0 Å². The number of hydrogen-bond acceptors (Lipinski definition) is 7. The first-order chi connectivity index (χ1) is 17.8. The second-order valence-electron chi connectivity index (χ2n) is 9.48. The molecule has 2 rings (SSSR count). The molecule has 0 bridgehead atoms. The second kappa shape index (κ2) is 17.2. The first-order valence-electron chi connectivity index (χ1n) is 12.7. The van der Waals surface area contributed by atoms with Crippen molar-refractivity contribution in [1.82, 2.24) is 10.2 Å². The van der Waals surface area contributed by atoms with E-state index in [2.05, 4.69) is 16.0 Å². The number of nitrogens with zero attached hydrogens (tertiary/aromatic N) is 1. The Morgan fingerprint density at radius 1 is 0.816 bits per heavy atom. The maximum absolute atomic E-state index is 12.2. The molecule has 0 saturated heterocycles. The molecule has 0 aliphatic carbocycles. The monoisotopic (exact) mass is 564 g/mol. The summed E-state index contributed by atoms with van der Waals surface area (Å²) in [6.45, 7) is 9.47. The molecule has 2 amide bonds. The van der Waals surface area contributed by atoms with Crippen molar-refractivity contribution in [2.24, 2.45) is 0 Å². The summed E-state index contributed by atoms with van der Waals surface area (Å²) in [4.78, 5) is 25.5. The minimum atomic E-state index is -2.93. The zero-order valence-electron chi connectivity index (χ0n) is 23.8. The zero-order chi connectivity index (χ0) is 28.7. The van der Waals surface area contributed by atoms with E-state index in [0.29, 0.717) is 18.8 Å². The van der Waals surface area contributed by atoms with Crippen LogP contribution < -0.4 is 16.0 Å². The molecule has 10 heteroatoms. The molecule has 0 saturated carbocycles. The predicted octanol–water partition coefficient (Wildman–Crippen LogP) is 4.50. The van der Waals surface area contributed by atoms with Gasteiger partial charge in [-0.3, -0.25) is 14.5 Å². The number of amides is 2. The van der Waals surface area contributed by atoms with Crippen molar-refractivity contribution in [1.29, 1.82) is 0 Å². The van der Waals surface area contributed by atoms with Crippen LogP contribution in [0.15, 0.2) is 36.4 Å². The smallest absolute Gasteiger partial charge is 0.238 e. The lowest BCUT2D eigenvalue weighted by Crippen LogP contribution is -2.31. The topological polar surface area (TPSA) is 108 Å². The molecule has 0 unspecified atom stereocenters. The largest absolute Gasteiger partial charge is 0.324 e. The molecule has 0 radical (unpaired) electrons. The summed E-state index contributed by atoms with van der Waals surface area (Å²) in [5.41, 5.74) is 6.13. The summed E-state index contributed by atoms with van der Waals surface area (Å²) in [6.07, 6.45) is 4.03. The third-order valence-corrected chi connectivity index (χ3v) is 8.39. The van der Waals surface area contributed by atoms with Gasteiger partial charge in [0.1, 0.15) is 0 Å². The van der Waals surface area contributed by atoms with Gasteiger partial charge in [0, 0.05) is 23.4 Å². The second-order valence-corrected chi connectivity index (χ2v) is 14.1. The molecule has 0 fully saturated rings. The summed E-state index contributed by atoms with van der Waals surface area (Å²) in [5.74, 6) is 0.614. The quantitative estimate of drug-likeness (QED) is 0.243. The number of likely N-dealkylation sites (N-methyl/N-ethyl adjacent to an activating group) is 2. The molecule has 38 heavy (non-hydrogen) atoms. The Kier molecular flexibility index (Phi) is 15.3. The van der Waals surface area contributed by atoms with Gasteiger partial charge in [0.05, 0.1) is 13.1 Å². The lowest BCUT2D eigenvalue weighted by atomic mass is 10.1. The molecule has 0 heterocycles. The minimum Gasteiger partial charge on any atom is -0.324 e. The molecule has 3 N–H and O–H groups in total. The fourth-order valence-electron chi connectivity index (χ4n) is 3.74. The summed E-state index contributed by atoms with van der Waals surface area (Å²) in [5, 5.41) is 8.68. The van der Waals surface area contributed by atoms with Crippen LogP contribution in [0.25, 0.3) is 0 Å². The molecule has 2 aromatic rings. The van der Waals surface area contributed by atoms with E-state index in [1.54, 1.807) is 7.05 Å². The average Bonchev–Trinajstić information content (AvgIpc) is 2.81. The van der Waals surface area contributed by atoms with Crippen molar-refractivity contribution >= 4 is 42.9 Å². The number of benzene rings is 2. The van der Waals surface area contributed by atoms with Crippen LogP contribution in [-0.2, 0) is 18.5 Å². The number of rotatable bonds is 13. The van der Waals surface area contributed by atoms with Gasteiger partial charge in [-0.25, -0.2) is 8.42 Å². The Morgan fingerprint density at radius 2 is 1.29 bits per heavy atom. The highest BCUT2D eigenvalue weighted by atomic mass is 33.1. The molecular weight excluding hydrogens is 520 g/mol. The number of unbranched alkanes of at least 4 members (excludes halogenated alkanes) is 2. The molecule has 2 aromatic carbocycles. The van der Waals surface area contributed by atoms with Crippen LogP contribution in [0.3, 0.4) is 0 Å². The lowest BCUT2D eigenvalue weighted by Gasteiger charge is -2.17. The fraction of sp³-hybridized carbons (Fsp3) is 0.500. The van der Waals surface area contributed by atoms with E-state index in [-0.39, 0.29) is 11.8 Å². The standard InChI is InChI=1S/C17H28N2O3S2.C11H16N2O/c1-14-9-8-10-15(2)17(14)18-16(20)13-19(3)11-6-5-7-12-23-24(4,21)22;1-8-5-4-6-9(2)11(8)13-10(14)7-12-3/h8-10H,5-7,11-13H2,1-4H3,(H,18,20);4-6,12H,7H2,1-3H3,(H,13,14). The maximum atomic E-state index is 12.2. The molecule has 0 spiro atoms. The fourth-order valence-corrected chi connectivity index (χ4v) is 5.63. The number of aryl methyl sites for hydroxylation is 4. The van der Waals surface area contributed by atoms with Crippen molar-refractivity contribution in [3.8, 4) is 0 Å². The number of para-hydroxylation sites is 2. The van der Waals surface area contributed by atoms with Crippen LogP contribution in [0.1, 0.15) is 41.5 Å². The van der Waals surface area contributed by atoms with Crippen molar-refractivity contribution in [2.45, 2.75) is 47.0 Å². The van der Waals surface area contributed by atoms with Crippen LogP contribution in [-0.4, -0.2) is 70.9 Å². The Morgan fingerprint density at radius 3 is 1.74 bits per heavy atom. The lowest BCUT2D eigenvalue weighted by molar-refractivity contribution is -0.117. The Balaban J connectivity index is 0.000000437. The van der Waals surface area contributed by atoms with E-state index in [4.69, 9.17) is 0 Å². The van der Waals surface area contributed by atoms with Gasteiger partial charge in [-0.1, -0.05) is 42.8 Å². The van der Waals surface area contributed by atoms with Gasteiger partial charge in [0.2, 0.25) is 11.8 Å². The highest BCUT2D eigenvalue weighted by Crippen LogP contribution is 2.20. The van der Waals surface area contributed by atoms with Gasteiger partial charge in [-0.2, -0.15) is 0 Å². The third kappa shape index (κ3) is 13.9. The van der Waals surface area contributed by atoms with Crippen molar-refractivity contribution in [3.05, 3.63) is 58.7 Å². The summed E-state index contributed by atoms with van der Waals surface area (Å²) in [6, 6.07) is 11.9.